The highest BCUT2D eigenvalue weighted by Crippen LogP contribution is 2.58. The average molecular weight is 463 g/mol. The molecule has 2 aliphatic carbocycles. The molecule has 0 aliphatic heterocycles. The first kappa shape index (κ1) is 22.6. The maximum absolute atomic E-state index is 15.1. The normalized spacial score (nSPS) is 25.9. The fourth-order valence-corrected chi connectivity index (χ4v) is 6.19. The molecule has 2 bridgehead atoms. The number of phenols is 1. The summed E-state index contributed by atoms with van der Waals surface area (Å²) in [6, 6.07) is 10.3. The van der Waals surface area contributed by atoms with Gasteiger partial charge in [-0.1, -0.05) is 13.8 Å². The Balaban J connectivity index is 1.39. The van der Waals surface area contributed by atoms with Crippen molar-refractivity contribution in [3.63, 3.8) is 0 Å². The van der Waals surface area contributed by atoms with Crippen LogP contribution in [-0.2, 0) is 0 Å². The van der Waals surface area contributed by atoms with Crippen molar-refractivity contribution in [1.82, 2.24) is 15.2 Å². The molecule has 2 fully saturated rings. The lowest BCUT2D eigenvalue weighted by molar-refractivity contribution is 0.148. The number of aromatic hydroxyl groups is 1. The van der Waals surface area contributed by atoms with Crippen LogP contribution in [0.5, 0.6) is 11.6 Å². The molecule has 34 heavy (non-hydrogen) atoms. The summed E-state index contributed by atoms with van der Waals surface area (Å²) >= 11 is 0. The van der Waals surface area contributed by atoms with Crippen molar-refractivity contribution in [3.05, 3.63) is 48.4 Å². The highest BCUT2D eigenvalue weighted by molar-refractivity contribution is 5.75. The monoisotopic (exact) mass is 462 g/mol. The summed E-state index contributed by atoms with van der Waals surface area (Å²) in [6.45, 7) is 4.81. The zero-order chi connectivity index (χ0) is 24.1. The molecule has 1 aromatic carbocycles. The Morgan fingerprint density at radius 1 is 1.03 bits per heavy atom. The smallest absolute Gasteiger partial charge is 0.213 e. The summed E-state index contributed by atoms with van der Waals surface area (Å²) in [5.41, 5.74) is 2.36. The first-order valence-electron chi connectivity index (χ1n) is 11.8. The van der Waals surface area contributed by atoms with Crippen LogP contribution in [0, 0.1) is 16.6 Å². The van der Waals surface area contributed by atoms with Crippen LogP contribution < -0.4 is 9.64 Å². The quantitative estimate of drug-likeness (QED) is 0.513. The van der Waals surface area contributed by atoms with Crippen LogP contribution in [0.3, 0.4) is 0 Å². The molecule has 178 valence electrons. The molecule has 1 N–H and O–H groups in total. The lowest BCUT2D eigenvalue weighted by atomic mass is 9.68. The van der Waals surface area contributed by atoms with Crippen LogP contribution in [0.1, 0.15) is 46.0 Å². The predicted molar refractivity (Wildman–Crippen MR) is 130 cm³/mol. The highest BCUT2D eigenvalue weighted by Gasteiger charge is 2.50. The third-order valence-corrected chi connectivity index (χ3v) is 7.80. The van der Waals surface area contributed by atoms with Gasteiger partial charge in [0.25, 0.3) is 0 Å². The van der Waals surface area contributed by atoms with Crippen molar-refractivity contribution in [3.8, 4) is 34.0 Å². The van der Waals surface area contributed by atoms with Gasteiger partial charge in [0.15, 0.2) is 5.82 Å². The molecule has 0 saturated heterocycles. The average Bonchev–Trinajstić information content (AvgIpc) is 3.05. The van der Waals surface area contributed by atoms with E-state index in [0.29, 0.717) is 39.6 Å². The Kier molecular flexibility index (Phi) is 5.46. The van der Waals surface area contributed by atoms with E-state index in [0.717, 1.165) is 18.7 Å². The Labute approximate surface area is 199 Å². The number of ether oxygens (including phenoxy) is 1. The van der Waals surface area contributed by atoms with Crippen molar-refractivity contribution >= 4 is 5.82 Å². The van der Waals surface area contributed by atoms with Gasteiger partial charge >= 0.3 is 0 Å². The summed E-state index contributed by atoms with van der Waals surface area (Å²) in [5.74, 6) is 0.431. The van der Waals surface area contributed by atoms with Gasteiger partial charge in [-0.2, -0.15) is 0 Å². The van der Waals surface area contributed by atoms with Gasteiger partial charge in [0, 0.05) is 25.4 Å². The predicted octanol–water partition coefficient (Wildman–Crippen LogP) is 5.85. The third kappa shape index (κ3) is 4.08. The van der Waals surface area contributed by atoms with Crippen molar-refractivity contribution in [1.29, 1.82) is 0 Å². The number of methoxy groups -OCH3 is 1. The number of hydrogen-bond donors (Lipinski definition) is 1. The van der Waals surface area contributed by atoms with Gasteiger partial charge in [-0.05, 0) is 84.4 Å². The number of rotatable bonds is 5. The number of benzene rings is 1. The minimum Gasteiger partial charge on any atom is -0.507 e. The van der Waals surface area contributed by atoms with Crippen molar-refractivity contribution in [2.75, 3.05) is 19.1 Å². The minimum absolute atomic E-state index is 0.0437. The highest BCUT2D eigenvalue weighted by atomic mass is 19.1. The maximum Gasteiger partial charge on any atom is 0.213 e. The molecule has 6 nitrogen and oxygen atoms in total. The first-order chi connectivity index (χ1) is 16.2. The molecule has 3 aromatic rings. The number of halogens is 1. The first-order valence-corrected chi connectivity index (χ1v) is 11.8. The van der Waals surface area contributed by atoms with Crippen LogP contribution in [0.15, 0.2) is 42.6 Å². The molecule has 0 unspecified atom stereocenters. The number of aromatic nitrogens is 3. The van der Waals surface area contributed by atoms with E-state index in [1.54, 1.807) is 24.4 Å². The van der Waals surface area contributed by atoms with Crippen LogP contribution in [0.4, 0.5) is 10.2 Å². The van der Waals surface area contributed by atoms with Gasteiger partial charge < -0.3 is 14.7 Å². The number of fused-ring (bicyclic) bond motifs is 2. The van der Waals surface area contributed by atoms with Gasteiger partial charge in [0.1, 0.15) is 11.6 Å². The molecule has 2 aromatic heterocycles. The molecule has 0 amide bonds. The fourth-order valence-electron chi connectivity index (χ4n) is 6.19. The second kappa shape index (κ2) is 8.22. The molecule has 2 saturated carbocycles. The van der Waals surface area contributed by atoms with E-state index in [1.165, 1.54) is 38.5 Å². The molecule has 3 atom stereocenters. The fraction of sp³-hybridized carbons (Fsp3) is 0.444. The van der Waals surface area contributed by atoms with E-state index in [1.807, 2.05) is 6.07 Å². The van der Waals surface area contributed by atoms with Crippen LogP contribution in [0.2, 0.25) is 0 Å². The summed E-state index contributed by atoms with van der Waals surface area (Å²) < 4.78 is 20.2. The number of anilines is 1. The van der Waals surface area contributed by atoms with E-state index in [4.69, 9.17) is 4.74 Å². The third-order valence-electron chi connectivity index (χ3n) is 7.80. The van der Waals surface area contributed by atoms with Gasteiger partial charge in [0.2, 0.25) is 5.88 Å². The molecule has 0 radical (unpaired) electrons. The number of pyridine rings is 1. The van der Waals surface area contributed by atoms with Gasteiger partial charge in [0.05, 0.1) is 18.4 Å². The van der Waals surface area contributed by atoms with Crippen molar-refractivity contribution < 1.29 is 14.2 Å². The number of hydrogen-bond acceptors (Lipinski definition) is 6. The maximum atomic E-state index is 15.1. The van der Waals surface area contributed by atoms with E-state index < -0.39 is 5.82 Å². The number of nitrogens with zero attached hydrogens (tertiary/aromatic N) is 4. The Bertz CT molecular complexity index is 1180. The Morgan fingerprint density at radius 3 is 2.38 bits per heavy atom. The summed E-state index contributed by atoms with van der Waals surface area (Å²) in [4.78, 5) is 6.28. The zero-order valence-electron chi connectivity index (χ0n) is 20.2. The molecule has 7 heteroatoms. The van der Waals surface area contributed by atoms with E-state index in [-0.39, 0.29) is 11.3 Å². The van der Waals surface area contributed by atoms with E-state index in [2.05, 4.69) is 41.0 Å². The van der Waals surface area contributed by atoms with Crippen LogP contribution in [0.25, 0.3) is 22.4 Å². The molecular formula is C27H31FN4O2. The van der Waals surface area contributed by atoms with E-state index >= 15 is 4.39 Å². The summed E-state index contributed by atoms with van der Waals surface area (Å²) in [5, 5.41) is 19.3. The number of phenolic OH excluding ortho intramolecular Hbond substituents is 1. The van der Waals surface area contributed by atoms with Crippen molar-refractivity contribution in [2.45, 2.75) is 52.0 Å². The van der Waals surface area contributed by atoms with Gasteiger partial charge in [-0.3, -0.25) is 0 Å². The zero-order valence-corrected chi connectivity index (χ0v) is 20.2. The minimum atomic E-state index is -0.564. The van der Waals surface area contributed by atoms with Gasteiger partial charge in [-0.25, -0.2) is 9.37 Å². The lowest BCUT2D eigenvalue weighted by Gasteiger charge is -2.44. The Morgan fingerprint density at radius 2 is 1.76 bits per heavy atom. The summed E-state index contributed by atoms with van der Waals surface area (Å²) in [6.07, 6.45) is 7.77. The van der Waals surface area contributed by atoms with Crippen LogP contribution in [-0.4, -0.2) is 40.5 Å². The molecule has 5 rings (SSSR count). The van der Waals surface area contributed by atoms with Crippen molar-refractivity contribution in [2.24, 2.45) is 10.8 Å². The Hall–Kier alpha value is -3.22. The van der Waals surface area contributed by atoms with Gasteiger partial charge in [-0.15, -0.1) is 10.2 Å². The molecule has 2 aliphatic rings. The molecule has 2 heterocycles. The topological polar surface area (TPSA) is 71.4 Å². The largest absolute Gasteiger partial charge is 0.507 e. The second-order valence-electron chi connectivity index (χ2n) is 10.7. The molecule has 0 spiro atoms. The lowest BCUT2D eigenvalue weighted by Crippen LogP contribution is -2.42. The van der Waals surface area contributed by atoms with Crippen LogP contribution >= 0.6 is 0 Å². The SMILES string of the molecule is COc1cc(-c2cc(O)c(-c3ccc(N(C)[C@H]4C[C@]5(C)CC[C@](C)(C4)C5)nn3)c(F)c2)ccn1. The van der Waals surface area contributed by atoms with E-state index in [9.17, 15) is 5.11 Å². The molecular weight excluding hydrogens is 431 g/mol. The standard InChI is InChI=1S/C27H31FN4O2/c1-26-8-9-27(2,16-26)15-19(14-26)32(3)23-6-5-21(30-31-23)25-20(28)11-18(12-22(25)33)17-7-10-29-24(13-17)34-4/h5-7,10-13,19,33H,8-9,14-16H2,1-4H3/t19-,26-,27+. The summed E-state index contributed by atoms with van der Waals surface area (Å²) in [7, 11) is 3.59. The second-order valence-corrected chi connectivity index (χ2v) is 10.7.